The smallest absolute Gasteiger partial charge is 0.323 e. The molecule has 0 bridgehead atoms. The van der Waals surface area contributed by atoms with E-state index in [9.17, 15) is 9.59 Å². The topological polar surface area (TPSA) is 43.4 Å². The van der Waals surface area contributed by atoms with Crippen LogP contribution in [-0.4, -0.2) is 11.8 Å². The van der Waals surface area contributed by atoms with Gasteiger partial charge < -0.3 is 9.53 Å². The number of hydrogen-bond acceptors (Lipinski definition) is 3. The van der Waals surface area contributed by atoms with Crippen LogP contribution in [0.4, 0.5) is 0 Å². The molecular formula is C27H34O3. The summed E-state index contributed by atoms with van der Waals surface area (Å²) in [4.78, 5) is 24.8. The Morgan fingerprint density at radius 2 is 1.47 bits per heavy atom. The van der Waals surface area contributed by atoms with Crippen molar-refractivity contribution in [3.63, 3.8) is 0 Å². The minimum absolute atomic E-state index is 0.172. The molecule has 160 valence electrons. The van der Waals surface area contributed by atoms with E-state index in [-0.39, 0.29) is 17.2 Å². The number of ether oxygens (including phenoxy) is 1. The highest BCUT2D eigenvalue weighted by atomic mass is 16.5. The van der Waals surface area contributed by atoms with E-state index in [1.54, 1.807) is 6.92 Å². The summed E-state index contributed by atoms with van der Waals surface area (Å²) in [6.07, 6.45) is 1.18. The lowest BCUT2D eigenvalue weighted by Crippen LogP contribution is -2.16. The average molecular weight is 407 g/mol. The largest absolute Gasteiger partial charge is 0.425 e. The zero-order valence-electron chi connectivity index (χ0n) is 19.9. The lowest BCUT2D eigenvalue weighted by molar-refractivity contribution is -0.133. The van der Waals surface area contributed by atoms with Crippen LogP contribution in [0.1, 0.15) is 90.1 Å². The predicted octanol–water partition coefficient (Wildman–Crippen LogP) is 6.10. The first-order chi connectivity index (χ1) is 13.8. The number of hydrogen-bond donors (Lipinski definition) is 0. The van der Waals surface area contributed by atoms with Gasteiger partial charge in [-0.3, -0.25) is 4.79 Å². The van der Waals surface area contributed by atoms with Crippen LogP contribution >= 0.6 is 0 Å². The molecular weight excluding hydrogens is 372 g/mol. The molecule has 1 aliphatic heterocycles. The van der Waals surface area contributed by atoms with E-state index in [4.69, 9.17) is 4.74 Å². The molecule has 0 fully saturated rings. The van der Waals surface area contributed by atoms with E-state index in [1.807, 2.05) is 0 Å². The number of ketones is 1. The minimum atomic E-state index is -0.420. The van der Waals surface area contributed by atoms with E-state index in [0.29, 0.717) is 18.6 Å². The van der Waals surface area contributed by atoms with Gasteiger partial charge in [0.1, 0.15) is 17.5 Å². The summed E-state index contributed by atoms with van der Waals surface area (Å²) in [6, 6.07) is 4.20. The molecule has 3 nitrogen and oxygen atoms in total. The fraction of sp³-hybridized carbons (Fsp3) is 0.481. The Morgan fingerprint density at radius 1 is 0.933 bits per heavy atom. The molecule has 30 heavy (non-hydrogen) atoms. The fourth-order valence-corrected chi connectivity index (χ4v) is 4.59. The first-order valence-electron chi connectivity index (χ1n) is 10.8. The molecule has 0 spiro atoms. The minimum Gasteiger partial charge on any atom is -0.425 e. The second-order valence-corrected chi connectivity index (χ2v) is 9.91. The molecule has 3 heteroatoms. The van der Waals surface area contributed by atoms with Crippen LogP contribution in [-0.2, 0) is 21.4 Å². The highest BCUT2D eigenvalue weighted by Gasteiger charge is 2.40. The maximum atomic E-state index is 13.2. The van der Waals surface area contributed by atoms with Crippen molar-refractivity contribution in [1.29, 1.82) is 0 Å². The highest BCUT2D eigenvalue weighted by Crippen LogP contribution is 2.48. The quantitative estimate of drug-likeness (QED) is 0.455. The van der Waals surface area contributed by atoms with Crippen molar-refractivity contribution >= 4 is 11.8 Å². The van der Waals surface area contributed by atoms with E-state index < -0.39 is 5.92 Å². The van der Waals surface area contributed by atoms with Gasteiger partial charge in [0.2, 0.25) is 0 Å². The zero-order valence-corrected chi connectivity index (χ0v) is 19.9. The summed E-state index contributed by atoms with van der Waals surface area (Å²) < 4.78 is 5.93. The van der Waals surface area contributed by atoms with Crippen molar-refractivity contribution in [2.45, 2.75) is 86.5 Å². The van der Waals surface area contributed by atoms with Crippen LogP contribution in [0.15, 0.2) is 12.1 Å². The summed E-state index contributed by atoms with van der Waals surface area (Å²) in [5.74, 6) is 0.261. The van der Waals surface area contributed by atoms with Crippen LogP contribution in [0.5, 0.6) is 5.75 Å². The number of carbonyl (C=O) groups excluding carboxylic acids is 2. The number of carbonyl (C=O) groups is 2. The molecule has 1 atom stereocenters. The predicted molar refractivity (Wildman–Crippen MR) is 122 cm³/mol. The third kappa shape index (κ3) is 3.71. The molecule has 0 radical (unpaired) electrons. The van der Waals surface area contributed by atoms with Gasteiger partial charge in [-0.2, -0.15) is 0 Å². The molecule has 1 heterocycles. The molecule has 2 aromatic carbocycles. The Kier molecular flexibility index (Phi) is 5.70. The molecule has 0 N–H and O–H groups in total. The van der Waals surface area contributed by atoms with E-state index >= 15 is 0 Å². The molecule has 3 rings (SSSR count). The third-order valence-electron chi connectivity index (χ3n) is 6.85. The SMILES string of the molecule is CC(=O)CCc1cc2c(c(C(C)(C)C)c1)OC(=O)C2c1c(C)c(C)c(C)c(C)c1C. The second-order valence-electron chi connectivity index (χ2n) is 9.91. The summed E-state index contributed by atoms with van der Waals surface area (Å²) >= 11 is 0. The summed E-state index contributed by atoms with van der Waals surface area (Å²) in [5, 5.41) is 0. The molecule has 0 amide bonds. The molecule has 2 aromatic rings. The van der Waals surface area contributed by atoms with Gasteiger partial charge in [-0.15, -0.1) is 0 Å². The number of aryl methyl sites for hydroxylation is 1. The van der Waals surface area contributed by atoms with Gasteiger partial charge in [0.15, 0.2) is 0 Å². The Morgan fingerprint density at radius 3 is 1.97 bits per heavy atom. The van der Waals surface area contributed by atoms with Crippen LogP contribution in [0.2, 0.25) is 0 Å². The van der Waals surface area contributed by atoms with Crippen LogP contribution < -0.4 is 4.74 Å². The van der Waals surface area contributed by atoms with Gasteiger partial charge in [-0.25, -0.2) is 0 Å². The summed E-state index contributed by atoms with van der Waals surface area (Å²) in [7, 11) is 0. The van der Waals surface area contributed by atoms with Gasteiger partial charge in [0.05, 0.1) is 0 Å². The molecule has 0 aliphatic carbocycles. The lowest BCUT2D eigenvalue weighted by Gasteiger charge is -2.24. The first-order valence-corrected chi connectivity index (χ1v) is 10.8. The monoisotopic (exact) mass is 406 g/mol. The number of rotatable bonds is 4. The normalized spacial score (nSPS) is 15.9. The molecule has 0 saturated heterocycles. The van der Waals surface area contributed by atoms with E-state index in [0.717, 1.165) is 33.4 Å². The number of fused-ring (bicyclic) bond motifs is 1. The number of esters is 1. The third-order valence-corrected chi connectivity index (χ3v) is 6.85. The van der Waals surface area contributed by atoms with Crippen molar-refractivity contribution in [3.05, 3.63) is 62.2 Å². The molecule has 1 unspecified atom stereocenters. The standard InChI is InChI=1S/C27H34O3/c1-14(28)10-11-20-12-21-24(23-18(5)16(3)15(2)17(4)19(23)6)26(29)30-25(21)22(13-20)27(7,8)9/h12-13,24H,10-11H2,1-9H3. The Labute approximate surface area is 180 Å². The maximum absolute atomic E-state index is 13.2. The summed E-state index contributed by atoms with van der Waals surface area (Å²) in [5.41, 5.74) is 10.0. The Bertz CT molecular complexity index is 1020. The van der Waals surface area contributed by atoms with Crippen molar-refractivity contribution < 1.29 is 14.3 Å². The van der Waals surface area contributed by atoms with Crippen LogP contribution in [0, 0.1) is 34.6 Å². The zero-order chi connectivity index (χ0) is 22.5. The van der Waals surface area contributed by atoms with Gasteiger partial charge in [-0.05, 0) is 92.3 Å². The van der Waals surface area contributed by atoms with E-state index in [1.165, 1.54) is 16.7 Å². The summed E-state index contributed by atoms with van der Waals surface area (Å²) in [6.45, 7) is 18.7. The maximum Gasteiger partial charge on any atom is 0.323 e. The second kappa shape index (κ2) is 7.68. The number of benzene rings is 2. The highest BCUT2D eigenvalue weighted by molar-refractivity contribution is 5.91. The Balaban J connectivity index is 2.28. The molecule has 0 aromatic heterocycles. The van der Waals surface area contributed by atoms with Gasteiger partial charge in [-0.1, -0.05) is 32.9 Å². The fourth-order valence-electron chi connectivity index (χ4n) is 4.59. The molecule has 1 aliphatic rings. The van der Waals surface area contributed by atoms with Gasteiger partial charge >= 0.3 is 5.97 Å². The molecule has 0 saturated carbocycles. The lowest BCUT2D eigenvalue weighted by atomic mass is 9.78. The van der Waals surface area contributed by atoms with Gasteiger partial charge in [0, 0.05) is 17.5 Å². The van der Waals surface area contributed by atoms with Crippen molar-refractivity contribution in [2.75, 3.05) is 0 Å². The van der Waals surface area contributed by atoms with Crippen molar-refractivity contribution in [3.8, 4) is 5.75 Å². The first kappa shape index (κ1) is 22.3. The van der Waals surface area contributed by atoms with E-state index in [2.05, 4.69) is 67.5 Å². The van der Waals surface area contributed by atoms with Crippen molar-refractivity contribution in [1.82, 2.24) is 0 Å². The van der Waals surface area contributed by atoms with Crippen LogP contribution in [0.3, 0.4) is 0 Å². The average Bonchev–Trinajstić information content (AvgIpc) is 2.97. The van der Waals surface area contributed by atoms with Gasteiger partial charge in [0.25, 0.3) is 0 Å². The Hall–Kier alpha value is -2.42. The number of Topliss-reactive ketones (excluding diaryl/α,β-unsaturated/α-hetero) is 1. The van der Waals surface area contributed by atoms with Crippen LogP contribution in [0.25, 0.3) is 0 Å². The van der Waals surface area contributed by atoms with Crippen molar-refractivity contribution in [2.24, 2.45) is 0 Å².